The molecule has 0 spiro atoms. The number of carbonyl (C=O) groups is 1. The quantitative estimate of drug-likeness (QED) is 0.723. The molecule has 3 heterocycles. The normalized spacial score (nSPS) is 17.0. The zero-order valence-corrected chi connectivity index (χ0v) is 14.4. The van der Waals surface area contributed by atoms with Crippen LogP contribution in [0.5, 0.6) is 0 Å². The SMILES string of the molecule is Cn1cccc1C(=O)N1CCC(Cc2noc(-c3ccc(F)cc3)n2)C1. The molecule has 134 valence electrons. The molecule has 3 aromatic rings. The Hall–Kier alpha value is -2.96. The highest BCUT2D eigenvalue weighted by molar-refractivity contribution is 5.92. The van der Waals surface area contributed by atoms with E-state index in [-0.39, 0.29) is 11.7 Å². The van der Waals surface area contributed by atoms with Crippen LogP contribution >= 0.6 is 0 Å². The van der Waals surface area contributed by atoms with Crippen molar-refractivity contribution in [3.05, 3.63) is 59.9 Å². The molecule has 7 heteroatoms. The third kappa shape index (κ3) is 3.24. The van der Waals surface area contributed by atoms with Crippen molar-refractivity contribution < 1.29 is 13.7 Å². The predicted molar refractivity (Wildman–Crippen MR) is 92.8 cm³/mol. The Morgan fingerprint density at radius 1 is 1.31 bits per heavy atom. The highest BCUT2D eigenvalue weighted by Gasteiger charge is 2.29. The third-order valence-electron chi connectivity index (χ3n) is 4.77. The molecule has 6 nitrogen and oxygen atoms in total. The van der Waals surface area contributed by atoms with Crippen LogP contribution < -0.4 is 0 Å². The van der Waals surface area contributed by atoms with Gasteiger partial charge in [0.15, 0.2) is 5.82 Å². The molecule has 1 aliphatic heterocycles. The first-order valence-electron chi connectivity index (χ1n) is 8.59. The smallest absolute Gasteiger partial charge is 0.270 e. The molecule has 0 aliphatic carbocycles. The first-order chi connectivity index (χ1) is 12.6. The van der Waals surface area contributed by atoms with E-state index in [2.05, 4.69) is 10.1 Å². The van der Waals surface area contributed by atoms with E-state index < -0.39 is 0 Å². The number of likely N-dealkylation sites (tertiary alicyclic amines) is 1. The molecule has 1 aliphatic rings. The standard InChI is InChI=1S/C19H19FN4O2/c1-23-9-2-3-16(23)19(25)24-10-8-13(12-24)11-17-21-18(26-22-17)14-4-6-15(20)7-5-14/h2-7,9,13H,8,10-12H2,1H3. The molecule has 0 bridgehead atoms. The molecular formula is C19H19FN4O2. The molecule has 1 aromatic carbocycles. The van der Waals surface area contributed by atoms with E-state index in [4.69, 9.17) is 4.52 Å². The fourth-order valence-electron chi connectivity index (χ4n) is 3.33. The molecule has 2 aromatic heterocycles. The lowest BCUT2D eigenvalue weighted by Gasteiger charge is -2.16. The predicted octanol–water partition coefficient (Wildman–Crippen LogP) is 2.92. The van der Waals surface area contributed by atoms with Gasteiger partial charge in [0.25, 0.3) is 11.8 Å². The van der Waals surface area contributed by atoms with Gasteiger partial charge in [-0.1, -0.05) is 5.16 Å². The Kier molecular flexibility index (Phi) is 4.28. The van der Waals surface area contributed by atoms with E-state index >= 15 is 0 Å². The Balaban J connectivity index is 1.39. The summed E-state index contributed by atoms with van der Waals surface area (Å²) < 4.78 is 20.1. The number of halogens is 1. The lowest BCUT2D eigenvalue weighted by atomic mass is 10.1. The van der Waals surface area contributed by atoms with Crippen LogP contribution in [0.4, 0.5) is 4.39 Å². The van der Waals surface area contributed by atoms with E-state index in [9.17, 15) is 9.18 Å². The van der Waals surface area contributed by atoms with E-state index in [1.165, 1.54) is 12.1 Å². The summed E-state index contributed by atoms with van der Waals surface area (Å²) in [4.78, 5) is 18.8. The summed E-state index contributed by atoms with van der Waals surface area (Å²) in [7, 11) is 1.87. The molecule has 1 unspecified atom stereocenters. The second kappa shape index (κ2) is 6.74. The third-order valence-corrected chi connectivity index (χ3v) is 4.77. The van der Waals surface area contributed by atoms with Gasteiger partial charge < -0.3 is 14.0 Å². The molecule has 0 saturated carbocycles. The maximum atomic E-state index is 13.0. The topological polar surface area (TPSA) is 64.2 Å². The number of rotatable bonds is 4. The van der Waals surface area contributed by atoms with Gasteiger partial charge in [-0.25, -0.2) is 4.39 Å². The van der Waals surface area contributed by atoms with Crippen LogP contribution in [0.3, 0.4) is 0 Å². The van der Waals surface area contributed by atoms with Crippen LogP contribution in [0.15, 0.2) is 47.1 Å². The number of hydrogen-bond acceptors (Lipinski definition) is 4. The minimum Gasteiger partial charge on any atom is -0.347 e. The van der Waals surface area contributed by atoms with E-state index in [1.54, 1.807) is 12.1 Å². The van der Waals surface area contributed by atoms with Crippen molar-refractivity contribution in [3.8, 4) is 11.5 Å². The van der Waals surface area contributed by atoms with Gasteiger partial charge in [0, 0.05) is 38.3 Å². The zero-order chi connectivity index (χ0) is 18.1. The second-order valence-corrected chi connectivity index (χ2v) is 6.64. The minimum absolute atomic E-state index is 0.0557. The Bertz CT molecular complexity index is 916. The lowest BCUT2D eigenvalue weighted by molar-refractivity contribution is 0.0777. The fourth-order valence-corrected chi connectivity index (χ4v) is 3.33. The van der Waals surface area contributed by atoms with Crippen molar-refractivity contribution >= 4 is 5.91 Å². The van der Waals surface area contributed by atoms with E-state index in [0.29, 0.717) is 41.9 Å². The van der Waals surface area contributed by atoms with Gasteiger partial charge in [0.2, 0.25) is 0 Å². The molecular weight excluding hydrogens is 335 g/mol. The number of carbonyl (C=O) groups excluding carboxylic acids is 1. The highest BCUT2D eigenvalue weighted by atomic mass is 19.1. The number of hydrogen-bond donors (Lipinski definition) is 0. The van der Waals surface area contributed by atoms with Crippen molar-refractivity contribution in [2.75, 3.05) is 13.1 Å². The van der Waals surface area contributed by atoms with Crippen LogP contribution in [-0.2, 0) is 13.5 Å². The van der Waals surface area contributed by atoms with E-state index in [1.807, 2.05) is 34.8 Å². The number of aryl methyl sites for hydroxylation is 1. The summed E-state index contributed by atoms with van der Waals surface area (Å²) in [6.07, 6.45) is 3.44. The number of nitrogens with zero attached hydrogens (tertiary/aromatic N) is 4. The number of amides is 1. The molecule has 1 atom stereocenters. The van der Waals surface area contributed by atoms with Gasteiger partial charge in [-0.3, -0.25) is 4.79 Å². The van der Waals surface area contributed by atoms with Crippen molar-refractivity contribution in [1.29, 1.82) is 0 Å². The van der Waals surface area contributed by atoms with Crippen LogP contribution in [0.1, 0.15) is 22.7 Å². The van der Waals surface area contributed by atoms with Crippen molar-refractivity contribution in [1.82, 2.24) is 19.6 Å². The van der Waals surface area contributed by atoms with E-state index in [0.717, 1.165) is 13.0 Å². The lowest BCUT2D eigenvalue weighted by Crippen LogP contribution is -2.30. The average Bonchev–Trinajstić information content (AvgIpc) is 3.37. The van der Waals surface area contributed by atoms with Gasteiger partial charge >= 0.3 is 0 Å². The van der Waals surface area contributed by atoms with Crippen molar-refractivity contribution in [2.45, 2.75) is 12.8 Å². The molecule has 0 radical (unpaired) electrons. The summed E-state index contributed by atoms with van der Waals surface area (Å²) in [5, 5.41) is 4.02. The molecule has 1 fully saturated rings. The van der Waals surface area contributed by atoms with Crippen molar-refractivity contribution in [2.24, 2.45) is 13.0 Å². The first kappa shape index (κ1) is 16.5. The molecule has 4 rings (SSSR count). The van der Waals surface area contributed by atoms with Gasteiger partial charge in [-0.2, -0.15) is 4.98 Å². The molecule has 26 heavy (non-hydrogen) atoms. The fraction of sp³-hybridized carbons (Fsp3) is 0.316. The monoisotopic (exact) mass is 354 g/mol. The number of aromatic nitrogens is 3. The van der Waals surface area contributed by atoms with Crippen molar-refractivity contribution in [3.63, 3.8) is 0 Å². The highest BCUT2D eigenvalue weighted by Crippen LogP contribution is 2.23. The maximum absolute atomic E-state index is 13.0. The summed E-state index contributed by atoms with van der Waals surface area (Å²) in [6, 6.07) is 9.66. The van der Waals surface area contributed by atoms with Gasteiger partial charge in [-0.05, 0) is 48.7 Å². The largest absolute Gasteiger partial charge is 0.347 e. The van der Waals surface area contributed by atoms with Crippen LogP contribution in [0, 0.1) is 11.7 Å². The summed E-state index contributed by atoms with van der Waals surface area (Å²) >= 11 is 0. The zero-order valence-electron chi connectivity index (χ0n) is 14.4. The van der Waals surface area contributed by atoms with Gasteiger partial charge in [-0.15, -0.1) is 0 Å². The van der Waals surface area contributed by atoms with Gasteiger partial charge in [0.1, 0.15) is 11.5 Å². The van der Waals surface area contributed by atoms with Crippen LogP contribution in [-0.4, -0.2) is 38.6 Å². The Labute approximate surface area is 150 Å². The second-order valence-electron chi connectivity index (χ2n) is 6.64. The molecule has 1 saturated heterocycles. The van der Waals surface area contributed by atoms with Crippen LogP contribution in [0.25, 0.3) is 11.5 Å². The summed E-state index contributed by atoms with van der Waals surface area (Å²) in [5.74, 6) is 1.05. The summed E-state index contributed by atoms with van der Waals surface area (Å²) in [5.41, 5.74) is 1.39. The Morgan fingerprint density at radius 3 is 2.85 bits per heavy atom. The Morgan fingerprint density at radius 2 is 2.12 bits per heavy atom. The number of benzene rings is 1. The molecule has 1 amide bonds. The molecule has 0 N–H and O–H groups in total. The maximum Gasteiger partial charge on any atom is 0.270 e. The minimum atomic E-state index is -0.303. The van der Waals surface area contributed by atoms with Crippen LogP contribution in [0.2, 0.25) is 0 Å². The first-order valence-corrected chi connectivity index (χ1v) is 8.59. The summed E-state index contributed by atoms with van der Waals surface area (Å²) in [6.45, 7) is 1.42. The van der Waals surface area contributed by atoms with Gasteiger partial charge in [0.05, 0.1) is 0 Å². The average molecular weight is 354 g/mol.